The molecule has 0 unspecified atom stereocenters. The number of nitrogens with one attached hydrogen (secondary N) is 1. The van der Waals surface area contributed by atoms with E-state index in [4.69, 9.17) is 4.74 Å². The van der Waals surface area contributed by atoms with E-state index in [1.165, 1.54) is 5.56 Å². The SMILES string of the molecule is CCn1cc(NCc2ccc(OC)c(C)c2)ccc1=O. The summed E-state index contributed by atoms with van der Waals surface area (Å²) in [5.74, 6) is 0.897. The minimum absolute atomic E-state index is 0.0262. The van der Waals surface area contributed by atoms with Crippen LogP contribution in [0, 0.1) is 6.92 Å². The molecule has 0 bridgehead atoms. The highest BCUT2D eigenvalue weighted by Gasteiger charge is 2.01. The van der Waals surface area contributed by atoms with E-state index < -0.39 is 0 Å². The van der Waals surface area contributed by atoms with Gasteiger partial charge in [-0.1, -0.05) is 12.1 Å². The molecule has 0 spiro atoms. The lowest BCUT2D eigenvalue weighted by Gasteiger charge is -2.11. The van der Waals surface area contributed by atoms with E-state index in [2.05, 4.69) is 11.4 Å². The topological polar surface area (TPSA) is 43.3 Å². The van der Waals surface area contributed by atoms with Crippen LogP contribution in [0.25, 0.3) is 0 Å². The smallest absolute Gasteiger partial charge is 0.250 e. The van der Waals surface area contributed by atoms with Gasteiger partial charge in [-0.3, -0.25) is 4.79 Å². The van der Waals surface area contributed by atoms with Crippen LogP contribution < -0.4 is 15.6 Å². The summed E-state index contributed by atoms with van der Waals surface area (Å²) in [6.07, 6.45) is 1.85. The highest BCUT2D eigenvalue weighted by molar-refractivity contribution is 5.43. The highest BCUT2D eigenvalue weighted by Crippen LogP contribution is 2.19. The zero-order valence-electron chi connectivity index (χ0n) is 12.1. The van der Waals surface area contributed by atoms with Crippen molar-refractivity contribution in [1.29, 1.82) is 0 Å². The normalized spacial score (nSPS) is 10.3. The Morgan fingerprint density at radius 3 is 2.70 bits per heavy atom. The first-order chi connectivity index (χ1) is 9.63. The van der Waals surface area contributed by atoms with Gasteiger partial charge >= 0.3 is 0 Å². The van der Waals surface area contributed by atoms with Gasteiger partial charge in [-0.2, -0.15) is 0 Å². The quantitative estimate of drug-likeness (QED) is 0.910. The van der Waals surface area contributed by atoms with Gasteiger partial charge in [0.05, 0.1) is 12.8 Å². The molecule has 0 fully saturated rings. The number of ether oxygens (including phenoxy) is 1. The third-order valence-corrected chi connectivity index (χ3v) is 3.28. The molecular weight excluding hydrogens is 252 g/mol. The average molecular weight is 272 g/mol. The van der Waals surface area contributed by atoms with Crippen LogP contribution in [0.5, 0.6) is 5.75 Å². The van der Waals surface area contributed by atoms with Gasteiger partial charge in [-0.15, -0.1) is 0 Å². The van der Waals surface area contributed by atoms with E-state index in [0.29, 0.717) is 13.1 Å². The molecule has 1 aromatic carbocycles. The van der Waals surface area contributed by atoms with Crippen molar-refractivity contribution in [3.05, 3.63) is 58.0 Å². The van der Waals surface area contributed by atoms with Crippen LogP contribution in [-0.2, 0) is 13.1 Å². The molecule has 4 heteroatoms. The Hall–Kier alpha value is -2.23. The lowest BCUT2D eigenvalue weighted by atomic mass is 10.1. The molecule has 0 aliphatic rings. The van der Waals surface area contributed by atoms with Gasteiger partial charge in [0.2, 0.25) is 0 Å². The largest absolute Gasteiger partial charge is 0.496 e. The van der Waals surface area contributed by atoms with Crippen LogP contribution >= 0.6 is 0 Å². The number of hydrogen-bond acceptors (Lipinski definition) is 3. The summed E-state index contributed by atoms with van der Waals surface area (Å²) in [7, 11) is 1.67. The van der Waals surface area contributed by atoms with E-state index in [0.717, 1.165) is 17.0 Å². The molecule has 0 saturated heterocycles. The molecule has 0 aliphatic heterocycles. The summed E-state index contributed by atoms with van der Waals surface area (Å²) in [6, 6.07) is 9.51. The van der Waals surface area contributed by atoms with Crippen molar-refractivity contribution in [1.82, 2.24) is 4.57 Å². The van der Waals surface area contributed by atoms with Crippen LogP contribution in [0.2, 0.25) is 0 Å². The second-order valence-electron chi connectivity index (χ2n) is 4.70. The maximum atomic E-state index is 11.5. The molecule has 0 atom stereocenters. The van der Waals surface area contributed by atoms with Crippen molar-refractivity contribution in [2.24, 2.45) is 0 Å². The lowest BCUT2D eigenvalue weighted by Crippen LogP contribution is -2.17. The molecule has 1 N–H and O–H groups in total. The Balaban J connectivity index is 2.08. The molecule has 0 aliphatic carbocycles. The van der Waals surface area contributed by atoms with Crippen LogP contribution in [-0.4, -0.2) is 11.7 Å². The van der Waals surface area contributed by atoms with E-state index in [9.17, 15) is 4.79 Å². The zero-order valence-corrected chi connectivity index (χ0v) is 12.1. The number of methoxy groups -OCH3 is 1. The van der Waals surface area contributed by atoms with Crippen LogP contribution in [0.3, 0.4) is 0 Å². The van der Waals surface area contributed by atoms with E-state index in [-0.39, 0.29) is 5.56 Å². The number of rotatable bonds is 5. The summed E-state index contributed by atoms with van der Waals surface area (Å²) < 4.78 is 6.93. The van der Waals surface area contributed by atoms with Crippen molar-refractivity contribution < 1.29 is 4.74 Å². The molecule has 2 aromatic rings. The van der Waals surface area contributed by atoms with Gasteiger partial charge in [0.15, 0.2) is 0 Å². The Bertz CT molecular complexity index is 647. The second-order valence-corrected chi connectivity index (χ2v) is 4.70. The summed E-state index contributed by atoms with van der Waals surface area (Å²) in [5.41, 5.74) is 3.26. The number of pyridine rings is 1. The van der Waals surface area contributed by atoms with Crippen molar-refractivity contribution in [2.45, 2.75) is 26.9 Å². The van der Waals surface area contributed by atoms with Gasteiger partial charge < -0.3 is 14.6 Å². The zero-order chi connectivity index (χ0) is 14.5. The molecule has 0 saturated carbocycles. The van der Waals surface area contributed by atoms with Gasteiger partial charge in [-0.05, 0) is 37.1 Å². The number of aromatic nitrogens is 1. The van der Waals surface area contributed by atoms with E-state index >= 15 is 0 Å². The molecule has 1 heterocycles. The summed E-state index contributed by atoms with van der Waals surface area (Å²) in [4.78, 5) is 11.5. The summed E-state index contributed by atoms with van der Waals surface area (Å²) >= 11 is 0. The summed E-state index contributed by atoms with van der Waals surface area (Å²) in [6.45, 7) is 5.38. The molecule has 20 heavy (non-hydrogen) atoms. The highest BCUT2D eigenvalue weighted by atomic mass is 16.5. The Morgan fingerprint density at radius 1 is 1.25 bits per heavy atom. The van der Waals surface area contributed by atoms with Crippen molar-refractivity contribution in [2.75, 3.05) is 12.4 Å². The predicted molar refractivity (Wildman–Crippen MR) is 81.4 cm³/mol. The molecular formula is C16H20N2O2. The van der Waals surface area contributed by atoms with Gasteiger partial charge in [-0.25, -0.2) is 0 Å². The Labute approximate surface area is 119 Å². The Morgan fingerprint density at radius 2 is 2.05 bits per heavy atom. The standard InChI is InChI=1S/C16H20N2O2/c1-4-18-11-14(6-8-16(18)19)17-10-13-5-7-15(20-3)12(2)9-13/h5-9,11,17H,4,10H2,1-3H3. The van der Waals surface area contributed by atoms with Crippen LogP contribution in [0.4, 0.5) is 5.69 Å². The van der Waals surface area contributed by atoms with Crippen LogP contribution in [0.1, 0.15) is 18.1 Å². The fraction of sp³-hybridized carbons (Fsp3) is 0.312. The van der Waals surface area contributed by atoms with E-state index in [1.54, 1.807) is 17.7 Å². The maximum Gasteiger partial charge on any atom is 0.250 e. The monoisotopic (exact) mass is 272 g/mol. The first-order valence-corrected chi connectivity index (χ1v) is 6.72. The van der Waals surface area contributed by atoms with E-state index in [1.807, 2.05) is 38.2 Å². The van der Waals surface area contributed by atoms with Crippen LogP contribution in [0.15, 0.2) is 41.3 Å². The molecule has 0 radical (unpaired) electrons. The van der Waals surface area contributed by atoms with Gasteiger partial charge in [0, 0.05) is 25.4 Å². The molecule has 106 valence electrons. The van der Waals surface area contributed by atoms with Gasteiger partial charge in [0.25, 0.3) is 5.56 Å². The minimum atomic E-state index is 0.0262. The average Bonchev–Trinajstić information content (AvgIpc) is 2.46. The second kappa shape index (κ2) is 6.28. The number of benzene rings is 1. The Kier molecular flexibility index (Phi) is 4.45. The third-order valence-electron chi connectivity index (χ3n) is 3.28. The number of hydrogen-bond donors (Lipinski definition) is 1. The van der Waals surface area contributed by atoms with Gasteiger partial charge in [0.1, 0.15) is 5.75 Å². The molecule has 1 aromatic heterocycles. The first-order valence-electron chi connectivity index (χ1n) is 6.72. The number of aryl methyl sites for hydroxylation is 2. The number of anilines is 1. The van der Waals surface area contributed by atoms with Crippen molar-refractivity contribution >= 4 is 5.69 Å². The molecule has 4 nitrogen and oxygen atoms in total. The maximum absolute atomic E-state index is 11.5. The van der Waals surface area contributed by atoms with Crippen molar-refractivity contribution in [3.8, 4) is 5.75 Å². The minimum Gasteiger partial charge on any atom is -0.496 e. The first kappa shape index (κ1) is 14.2. The fourth-order valence-electron chi connectivity index (χ4n) is 2.14. The molecule has 2 rings (SSSR count). The lowest BCUT2D eigenvalue weighted by molar-refractivity contribution is 0.411. The fourth-order valence-corrected chi connectivity index (χ4v) is 2.14. The predicted octanol–water partition coefficient (Wildman–Crippen LogP) is 2.80. The number of nitrogens with zero attached hydrogens (tertiary/aromatic N) is 1. The third kappa shape index (κ3) is 3.20. The van der Waals surface area contributed by atoms with Crippen molar-refractivity contribution in [3.63, 3.8) is 0 Å². The molecule has 0 amide bonds. The summed E-state index contributed by atoms with van der Waals surface area (Å²) in [5, 5.41) is 3.33.